The minimum absolute atomic E-state index is 0.0501. The molecule has 4 rings (SSSR count). The van der Waals surface area contributed by atoms with E-state index in [1.165, 1.54) is 11.3 Å². The number of amides is 4. The molecule has 1 aliphatic heterocycles. The first kappa shape index (κ1) is 19.3. The number of halogens is 1. The van der Waals surface area contributed by atoms with Crippen LogP contribution in [0.4, 0.5) is 4.79 Å². The second kappa shape index (κ2) is 7.77. The van der Waals surface area contributed by atoms with E-state index in [0.717, 1.165) is 25.9 Å². The highest BCUT2D eigenvalue weighted by Crippen LogP contribution is 2.29. The lowest BCUT2D eigenvalue weighted by molar-refractivity contribution is -0.144. The lowest BCUT2D eigenvalue weighted by Crippen LogP contribution is -2.35. The van der Waals surface area contributed by atoms with E-state index >= 15 is 0 Å². The molecule has 1 atom stereocenters. The summed E-state index contributed by atoms with van der Waals surface area (Å²) >= 11 is 7.31. The van der Waals surface area contributed by atoms with Crippen LogP contribution in [-0.2, 0) is 16.1 Å². The zero-order valence-corrected chi connectivity index (χ0v) is 17.0. The van der Waals surface area contributed by atoms with Gasteiger partial charge in [-0.3, -0.25) is 9.59 Å². The summed E-state index contributed by atoms with van der Waals surface area (Å²) in [5.74, 6) is -1.65. The van der Waals surface area contributed by atoms with Crippen molar-refractivity contribution in [2.75, 3.05) is 0 Å². The van der Waals surface area contributed by atoms with Crippen LogP contribution >= 0.6 is 22.9 Å². The highest BCUT2D eigenvalue weighted by molar-refractivity contribution is 7.13. The molecule has 1 unspecified atom stereocenters. The van der Waals surface area contributed by atoms with Crippen LogP contribution in [0.5, 0.6) is 0 Å². The molecule has 0 saturated carbocycles. The van der Waals surface area contributed by atoms with E-state index in [0.29, 0.717) is 10.7 Å². The van der Waals surface area contributed by atoms with Crippen LogP contribution in [0.1, 0.15) is 24.2 Å². The van der Waals surface area contributed by atoms with Gasteiger partial charge in [0.05, 0.1) is 18.3 Å². The van der Waals surface area contributed by atoms with Crippen molar-refractivity contribution in [2.45, 2.75) is 19.5 Å². The third-order valence-corrected chi connectivity index (χ3v) is 5.91. The summed E-state index contributed by atoms with van der Waals surface area (Å²) in [5, 5.41) is 3.15. The molecule has 1 saturated heterocycles. The van der Waals surface area contributed by atoms with E-state index in [1.807, 2.05) is 42.5 Å². The average molecular weight is 426 g/mol. The fourth-order valence-corrected chi connectivity index (χ4v) is 4.09. The minimum Gasteiger partial charge on any atom is -0.263 e. The monoisotopic (exact) mass is 425 g/mol. The van der Waals surface area contributed by atoms with Gasteiger partial charge >= 0.3 is 17.8 Å². The van der Waals surface area contributed by atoms with Crippen LogP contribution in [0, 0.1) is 0 Å². The minimum atomic E-state index is -0.834. The summed E-state index contributed by atoms with van der Waals surface area (Å²) in [6.45, 7) is 1.68. The molecule has 2 heterocycles. The molecule has 8 heteroatoms. The van der Waals surface area contributed by atoms with Crippen LogP contribution in [0.15, 0.2) is 60.0 Å². The van der Waals surface area contributed by atoms with Crippen molar-refractivity contribution in [3.05, 3.63) is 76.3 Å². The maximum Gasteiger partial charge on any atom is 0.335 e. The van der Waals surface area contributed by atoms with E-state index in [-0.39, 0.29) is 6.54 Å². The van der Waals surface area contributed by atoms with Crippen LogP contribution in [0.2, 0.25) is 5.02 Å². The Balaban J connectivity index is 1.54. The number of urea groups is 1. The fraction of sp³-hybridized carbons (Fsp3) is 0.143. The quantitative estimate of drug-likeness (QED) is 0.445. The van der Waals surface area contributed by atoms with E-state index in [9.17, 15) is 14.4 Å². The van der Waals surface area contributed by atoms with E-state index in [1.54, 1.807) is 24.4 Å². The van der Waals surface area contributed by atoms with Crippen LogP contribution < -0.4 is 0 Å². The van der Waals surface area contributed by atoms with Gasteiger partial charge < -0.3 is 0 Å². The zero-order chi connectivity index (χ0) is 20.5. The molecule has 4 amide bonds. The molecule has 2 aromatic carbocycles. The lowest BCUT2D eigenvalue weighted by atomic mass is 10.1. The third-order valence-electron chi connectivity index (χ3n) is 4.72. The number of hydrogen-bond donors (Lipinski definition) is 0. The number of imide groups is 2. The Kier molecular flexibility index (Phi) is 5.17. The van der Waals surface area contributed by atoms with Gasteiger partial charge in [0, 0.05) is 16.0 Å². The summed E-state index contributed by atoms with van der Waals surface area (Å²) in [5.41, 5.74) is 2.21. The van der Waals surface area contributed by atoms with Gasteiger partial charge in [-0.25, -0.2) is 19.6 Å². The van der Waals surface area contributed by atoms with Crippen LogP contribution in [0.3, 0.4) is 0 Å². The highest BCUT2D eigenvalue weighted by atomic mass is 35.5. The largest absolute Gasteiger partial charge is 0.335 e. The molecular formula is C21H16ClN3O3S. The summed E-state index contributed by atoms with van der Waals surface area (Å²) in [6, 6.07) is 15.2. The number of rotatable bonds is 5. The first-order valence-corrected chi connectivity index (χ1v) is 10.2. The number of hydrogen-bond acceptors (Lipinski definition) is 5. The summed E-state index contributed by atoms with van der Waals surface area (Å²) in [7, 11) is 0. The molecule has 3 aromatic rings. The number of carbonyl (C=O) groups excluding carboxylic acids is 3. The van der Waals surface area contributed by atoms with Gasteiger partial charge in [-0.1, -0.05) is 54.1 Å². The van der Waals surface area contributed by atoms with Crippen molar-refractivity contribution in [1.82, 2.24) is 14.8 Å². The second-order valence-electron chi connectivity index (χ2n) is 6.59. The van der Waals surface area contributed by atoms with Gasteiger partial charge in [-0.2, -0.15) is 0 Å². The molecule has 1 fully saturated rings. The van der Waals surface area contributed by atoms with Crippen LogP contribution in [-0.4, -0.2) is 32.6 Å². The third kappa shape index (κ3) is 3.66. The molecule has 0 spiro atoms. The Morgan fingerprint density at radius 1 is 1.00 bits per heavy atom. The van der Waals surface area contributed by atoms with Crippen molar-refractivity contribution < 1.29 is 14.4 Å². The SMILES string of the molecule is CC(c1ccccc1)N1C(=O)C(=O)N(Cc2csc(-c3ccc(Cl)cc3)n2)C1=O. The molecule has 0 radical (unpaired) electrons. The first-order valence-electron chi connectivity index (χ1n) is 8.90. The average Bonchev–Trinajstić information content (AvgIpc) is 3.28. The Morgan fingerprint density at radius 2 is 1.69 bits per heavy atom. The number of thiazole rings is 1. The molecule has 0 N–H and O–H groups in total. The summed E-state index contributed by atoms with van der Waals surface area (Å²) in [6.07, 6.45) is 0. The van der Waals surface area contributed by atoms with Gasteiger partial charge in [0.25, 0.3) is 0 Å². The van der Waals surface area contributed by atoms with Crippen molar-refractivity contribution in [3.63, 3.8) is 0 Å². The Hall–Kier alpha value is -3.03. The van der Waals surface area contributed by atoms with Crippen LogP contribution in [0.25, 0.3) is 10.6 Å². The second-order valence-corrected chi connectivity index (χ2v) is 7.88. The highest BCUT2D eigenvalue weighted by Gasteiger charge is 2.47. The van der Waals surface area contributed by atoms with Crippen molar-refractivity contribution in [1.29, 1.82) is 0 Å². The number of carbonyl (C=O) groups is 3. The predicted molar refractivity (Wildman–Crippen MR) is 110 cm³/mol. The molecule has 0 bridgehead atoms. The Labute approximate surface area is 176 Å². The van der Waals surface area contributed by atoms with Gasteiger partial charge in [-0.05, 0) is 24.6 Å². The van der Waals surface area contributed by atoms with Gasteiger partial charge in [0.15, 0.2) is 0 Å². The summed E-state index contributed by atoms with van der Waals surface area (Å²) in [4.78, 5) is 44.2. The smallest absolute Gasteiger partial charge is 0.263 e. The predicted octanol–water partition coefficient (Wildman–Crippen LogP) is 4.52. The van der Waals surface area contributed by atoms with Crippen molar-refractivity contribution in [2.24, 2.45) is 0 Å². The van der Waals surface area contributed by atoms with E-state index < -0.39 is 23.9 Å². The maximum atomic E-state index is 12.8. The van der Waals surface area contributed by atoms with E-state index in [2.05, 4.69) is 4.98 Å². The first-order chi connectivity index (χ1) is 14.0. The molecule has 6 nitrogen and oxygen atoms in total. The van der Waals surface area contributed by atoms with Gasteiger partial charge in [0.2, 0.25) is 0 Å². The van der Waals surface area contributed by atoms with Crippen molar-refractivity contribution >= 4 is 40.8 Å². The molecule has 29 heavy (non-hydrogen) atoms. The Morgan fingerprint density at radius 3 is 2.38 bits per heavy atom. The molecular weight excluding hydrogens is 410 g/mol. The molecule has 0 aliphatic carbocycles. The topological polar surface area (TPSA) is 70.6 Å². The van der Waals surface area contributed by atoms with Crippen molar-refractivity contribution in [3.8, 4) is 10.6 Å². The Bertz CT molecular complexity index is 1080. The number of benzene rings is 2. The molecule has 1 aliphatic rings. The number of aromatic nitrogens is 1. The standard InChI is InChI=1S/C21H16ClN3O3S/c1-13(14-5-3-2-4-6-14)25-20(27)19(26)24(21(25)28)11-17-12-29-18(23-17)15-7-9-16(22)10-8-15/h2-10,12-13H,11H2,1H3. The normalized spacial score (nSPS) is 15.3. The maximum absolute atomic E-state index is 12.8. The number of nitrogens with zero attached hydrogens (tertiary/aromatic N) is 3. The zero-order valence-electron chi connectivity index (χ0n) is 15.4. The fourth-order valence-electron chi connectivity index (χ4n) is 3.15. The molecule has 146 valence electrons. The lowest BCUT2D eigenvalue weighted by Gasteiger charge is -2.22. The van der Waals surface area contributed by atoms with Gasteiger partial charge in [0.1, 0.15) is 5.01 Å². The van der Waals surface area contributed by atoms with Gasteiger partial charge in [-0.15, -0.1) is 11.3 Å². The molecule has 1 aromatic heterocycles. The van der Waals surface area contributed by atoms with E-state index in [4.69, 9.17) is 11.6 Å². The summed E-state index contributed by atoms with van der Waals surface area (Å²) < 4.78 is 0.